The van der Waals surface area contributed by atoms with Crippen LogP contribution in [0.2, 0.25) is 0 Å². The van der Waals surface area contributed by atoms with E-state index < -0.39 is 6.04 Å². The van der Waals surface area contributed by atoms with Crippen LogP contribution in [-0.2, 0) is 0 Å². The third-order valence-corrected chi connectivity index (χ3v) is 2.45. The Labute approximate surface area is 84.8 Å². The number of aryl methyl sites for hydroxylation is 1. The zero-order valence-corrected chi connectivity index (χ0v) is 7.95. The molecule has 0 fully saturated rings. The molecular formula is C8H4ClN5. The first-order valence-electron chi connectivity index (χ1n) is 3.82. The van der Waals surface area contributed by atoms with Gasteiger partial charge in [0.15, 0.2) is 11.9 Å². The van der Waals surface area contributed by atoms with Gasteiger partial charge in [-0.2, -0.15) is 10.5 Å². The third-order valence-electron chi connectivity index (χ3n) is 2.07. The van der Waals surface area contributed by atoms with Crippen molar-refractivity contribution in [1.29, 1.82) is 10.5 Å². The molecule has 0 saturated heterocycles. The zero-order valence-electron chi connectivity index (χ0n) is 7.19. The van der Waals surface area contributed by atoms with E-state index in [1.165, 1.54) is 0 Å². The predicted molar refractivity (Wildman–Crippen MR) is 47.8 cm³/mol. The van der Waals surface area contributed by atoms with Gasteiger partial charge in [0.25, 0.3) is 0 Å². The smallest absolute Gasteiger partial charge is 0.178 e. The molecule has 0 saturated carbocycles. The molecule has 1 aromatic heterocycles. The molecule has 1 aliphatic rings. The number of hydrogen-bond donors (Lipinski definition) is 0. The second kappa shape index (κ2) is 2.83. The van der Waals surface area contributed by atoms with Crippen LogP contribution in [0.25, 0.3) is 5.03 Å². The molecule has 0 N–H and O–H groups in total. The fourth-order valence-electron chi connectivity index (χ4n) is 1.43. The van der Waals surface area contributed by atoms with Crippen molar-refractivity contribution in [3.8, 4) is 12.1 Å². The molecule has 0 aromatic carbocycles. The number of aromatic nitrogens is 3. The van der Waals surface area contributed by atoms with Crippen molar-refractivity contribution in [2.75, 3.05) is 0 Å². The van der Waals surface area contributed by atoms with E-state index in [1.54, 1.807) is 11.5 Å². The van der Waals surface area contributed by atoms with Crippen molar-refractivity contribution < 1.29 is 0 Å². The quantitative estimate of drug-likeness (QED) is 0.636. The Bertz CT molecular complexity index is 513. The number of rotatable bonds is 0. The van der Waals surface area contributed by atoms with Gasteiger partial charge in [0.2, 0.25) is 0 Å². The SMILES string of the molecule is Cc1nnc2n1C(C#N)C(C#N)=C2Cl. The van der Waals surface area contributed by atoms with Crippen LogP contribution in [0.4, 0.5) is 0 Å². The minimum absolute atomic E-state index is 0.222. The Kier molecular flexibility index (Phi) is 1.77. The molecule has 1 unspecified atom stereocenters. The lowest BCUT2D eigenvalue weighted by Crippen LogP contribution is -2.06. The summed E-state index contributed by atoms with van der Waals surface area (Å²) in [4.78, 5) is 0. The number of fused-ring (bicyclic) bond motifs is 1. The van der Waals surface area contributed by atoms with E-state index in [2.05, 4.69) is 10.2 Å². The minimum atomic E-state index is -0.683. The molecule has 6 heteroatoms. The average molecular weight is 206 g/mol. The molecule has 14 heavy (non-hydrogen) atoms. The van der Waals surface area contributed by atoms with Gasteiger partial charge in [-0.25, -0.2) is 0 Å². The number of allylic oxidation sites excluding steroid dienone is 1. The molecule has 1 aromatic rings. The molecule has 5 nitrogen and oxygen atoms in total. The van der Waals surface area contributed by atoms with Crippen LogP contribution < -0.4 is 0 Å². The summed E-state index contributed by atoms with van der Waals surface area (Å²) in [6.07, 6.45) is 0. The summed E-state index contributed by atoms with van der Waals surface area (Å²) in [5, 5.41) is 25.5. The third kappa shape index (κ3) is 0.876. The number of nitrogens with zero attached hydrogens (tertiary/aromatic N) is 5. The molecule has 68 valence electrons. The highest BCUT2D eigenvalue weighted by atomic mass is 35.5. The molecule has 0 amide bonds. The maximum absolute atomic E-state index is 8.90. The number of hydrogen-bond acceptors (Lipinski definition) is 4. The highest BCUT2D eigenvalue weighted by Gasteiger charge is 2.33. The summed E-state index contributed by atoms with van der Waals surface area (Å²) in [6.45, 7) is 1.71. The standard InChI is InChI=1S/C8H4ClN5/c1-4-12-13-8-7(9)5(2-10)6(3-11)14(4)8/h6H,1H3. The van der Waals surface area contributed by atoms with Crippen LogP contribution >= 0.6 is 11.6 Å². The van der Waals surface area contributed by atoms with Gasteiger partial charge < -0.3 is 0 Å². The van der Waals surface area contributed by atoms with Crippen LogP contribution in [0, 0.1) is 29.6 Å². The summed E-state index contributed by atoms with van der Waals surface area (Å²) in [6, 6.07) is 3.23. The Morgan fingerprint density at radius 1 is 1.43 bits per heavy atom. The Morgan fingerprint density at radius 2 is 2.14 bits per heavy atom. The van der Waals surface area contributed by atoms with Crippen LogP contribution in [0.1, 0.15) is 17.7 Å². The molecule has 2 heterocycles. The highest BCUT2D eigenvalue weighted by Crippen LogP contribution is 2.37. The van der Waals surface area contributed by atoms with Gasteiger partial charge >= 0.3 is 0 Å². The van der Waals surface area contributed by atoms with Crippen molar-refractivity contribution in [2.45, 2.75) is 13.0 Å². The maximum atomic E-state index is 8.90. The lowest BCUT2D eigenvalue weighted by atomic mass is 10.1. The molecule has 1 aliphatic heterocycles. The Hall–Kier alpha value is -1.85. The lowest BCUT2D eigenvalue weighted by Gasteiger charge is -2.04. The first-order valence-corrected chi connectivity index (χ1v) is 4.19. The van der Waals surface area contributed by atoms with Crippen LogP contribution in [0.15, 0.2) is 5.57 Å². The zero-order chi connectivity index (χ0) is 10.3. The van der Waals surface area contributed by atoms with E-state index in [4.69, 9.17) is 22.1 Å². The number of halogens is 1. The lowest BCUT2D eigenvalue weighted by molar-refractivity contribution is 0.703. The van der Waals surface area contributed by atoms with Gasteiger partial charge in [-0.1, -0.05) is 11.6 Å². The molecule has 0 bridgehead atoms. The van der Waals surface area contributed by atoms with Crippen molar-refractivity contribution >= 4 is 16.6 Å². The second-order valence-corrected chi connectivity index (χ2v) is 3.19. The van der Waals surface area contributed by atoms with Crippen molar-refractivity contribution in [3.05, 3.63) is 17.2 Å². The maximum Gasteiger partial charge on any atom is 0.178 e. The van der Waals surface area contributed by atoms with Crippen LogP contribution in [0.5, 0.6) is 0 Å². The molecule has 2 rings (SSSR count). The first kappa shape index (κ1) is 8.74. The van der Waals surface area contributed by atoms with Gasteiger partial charge in [-0.05, 0) is 6.92 Å². The van der Waals surface area contributed by atoms with Crippen molar-refractivity contribution in [3.63, 3.8) is 0 Å². The van der Waals surface area contributed by atoms with Crippen molar-refractivity contribution in [2.24, 2.45) is 0 Å². The van der Waals surface area contributed by atoms with E-state index in [0.29, 0.717) is 11.6 Å². The van der Waals surface area contributed by atoms with E-state index in [-0.39, 0.29) is 10.6 Å². The monoisotopic (exact) mass is 205 g/mol. The summed E-state index contributed by atoms with van der Waals surface area (Å²) >= 11 is 5.88. The van der Waals surface area contributed by atoms with Gasteiger partial charge in [-0.3, -0.25) is 4.57 Å². The van der Waals surface area contributed by atoms with E-state index >= 15 is 0 Å². The average Bonchev–Trinajstić information content (AvgIpc) is 2.67. The predicted octanol–water partition coefficient (Wildman–Crippen LogP) is 1.14. The van der Waals surface area contributed by atoms with E-state index in [0.717, 1.165) is 0 Å². The Balaban J connectivity index is 2.72. The van der Waals surface area contributed by atoms with Gasteiger partial charge in [0.1, 0.15) is 10.9 Å². The van der Waals surface area contributed by atoms with Gasteiger partial charge in [0.05, 0.1) is 17.7 Å². The van der Waals surface area contributed by atoms with E-state index in [1.807, 2.05) is 12.1 Å². The highest BCUT2D eigenvalue weighted by molar-refractivity contribution is 6.49. The fraction of sp³-hybridized carbons (Fsp3) is 0.250. The van der Waals surface area contributed by atoms with Crippen LogP contribution in [-0.4, -0.2) is 14.8 Å². The topological polar surface area (TPSA) is 78.3 Å². The second-order valence-electron chi connectivity index (χ2n) is 2.81. The molecule has 0 spiro atoms. The Morgan fingerprint density at radius 3 is 2.71 bits per heavy atom. The van der Waals surface area contributed by atoms with Crippen molar-refractivity contribution in [1.82, 2.24) is 14.8 Å². The normalized spacial score (nSPS) is 19.0. The van der Waals surface area contributed by atoms with Crippen LogP contribution in [0.3, 0.4) is 0 Å². The summed E-state index contributed by atoms with van der Waals surface area (Å²) in [5.41, 5.74) is 0.238. The summed E-state index contributed by atoms with van der Waals surface area (Å²) in [7, 11) is 0. The van der Waals surface area contributed by atoms with E-state index in [9.17, 15) is 0 Å². The van der Waals surface area contributed by atoms with Gasteiger partial charge in [-0.15, -0.1) is 10.2 Å². The minimum Gasteiger partial charge on any atom is -0.289 e. The first-order chi connectivity index (χ1) is 6.70. The molecular weight excluding hydrogens is 202 g/mol. The summed E-state index contributed by atoms with van der Waals surface area (Å²) in [5.74, 6) is 0.974. The number of nitriles is 2. The fourth-order valence-corrected chi connectivity index (χ4v) is 1.70. The van der Waals surface area contributed by atoms with Gasteiger partial charge in [0, 0.05) is 0 Å². The molecule has 0 radical (unpaired) electrons. The largest absolute Gasteiger partial charge is 0.289 e. The molecule has 1 atom stereocenters. The summed E-state index contributed by atoms with van der Waals surface area (Å²) < 4.78 is 1.56. The molecule has 0 aliphatic carbocycles.